The van der Waals surface area contributed by atoms with E-state index in [1.54, 1.807) is 19.9 Å². The molecule has 166 valence electrons. The number of halogens is 2. The van der Waals surface area contributed by atoms with Crippen LogP contribution in [0.15, 0.2) is 48.5 Å². The van der Waals surface area contributed by atoms with Crippen LogP contribution < -0.4 is 10.0 Å². The zero-order chi connectivity index (χ0) is 22.1. The monoisotopic (exact) mass is 443 g/mol. The van der Waals surface area contributed by atoms with Gasteiger partial charge in [0.15, 0.2) is 17.8 Å². The van der Waals surface area contributed by atoms with E-state index in [0.717, 1.165) is 4.31 Å². The summed E-state index contributed by atoms with van der Waals surface area (Å²) in [4.78, 5) is 7.98. The summed E-state index contributed by atoms with van der Waals surface area (Å²) in [7, 11) is -3.97. The van der Waals surface area contributed by atoms with Crippen molar-refractivity contribution < 1.29 is 21.9 Å². The third-order valence-corrected chi connectivity index (χ3v) is 6.05. The average Bonchev–Trinajstić information content (AvgIpc) is 2.84. The lowest BCUT2D eigenvalue weighted by Crippen LogP contribution is -2.40. The van der Waals surface area contributed by atoms with E-state index >= 15 is 4.39 Å². The van der Waals surface area contributed by atoms with Crippen LogP contribution in [0, 0.1) is 0 Å². The molecule has 8 nitrogen and oxygen atoms in total. The molecule has 0 fully saturated rings. The first-order valence-electron chi connectivity index (χ1n) is 9.62. The average molecular weight is 444 g/mol. The van der Waals surface area contributed by atoms with E-state index in [1.165, 1.54) is 18.6 Å². The van der Waals surface area contributed by atoms with Crippen molar-refractivity contribution in [1.29, 1.82) is 0 Å². The number of nitrogens with one attached hydrogen (secondary N) is 2. The van der Waals surface area contributed by atoms with Crippen LogP contribution in [0.3, 0.4) is 0 Å². The zero-order valence-corrected chi connectivity index (χ0v) is 17.9. The Morgan fingerprint density at radius 2 is 2.13 bits per heavy atom. The number of hydrogen-bond acceptors (Lipinski definition) is 6. The van der Waals surface area contributed by atoms with Crippen LogP contribution in [0.5, 0.6) is 0 Å². The van der Waals surface area contributed by atoms with Crippen molar-refractivity contribution in [3.63, 3.8) is 0 Å². The standard InChI is InChI=1S/C19H27F2N5O3S/c1-4-10-23-19-14(11-22-13-24-19)12-29-18-15(20)8-7-9-16(17(18)21)25-30(27,28)26(5-2)6-3/h4,9,11,13,15,25H,1,5-8,10,12H2,2-3H3,(H,22,23,24)/t15-/m1/s1. The minimum absolute atomic E-state index is 0.0356. The van der Waals surface area contributed by atoms with E-state index < -0.39 is 28.0 Å². The molecular formula is C19H27F2N5O3S. The molecule has 1 aliphatic rings. The highest BCUT2D eigenvalue weighted by atomic mass is 32.2. The number of allylic oxidation sites excluding steroid dienone is 3. The van der Waals surface area contributed by atoms with E-state index in [-0.39, 0.29) is 38.2 Å². The molecule has 0 bridgehead atoms. The van der Waals surface area contributed by atoms with Gasteiger partial charge in [0.2, 0.25) is 0 Å². The molecule has 1 aromatic rings. The maximum atomic E-state index is 15.1. The van der Waals surface area contributed by atoms with Crippen molar-refractivity contribution in [3.8, 4) is 0 Å². The molecule has 1 heterocycles. The molecule has 2 rings (SSSR count). The Labute approximate surface area is 175 Å². The van der Waals surface area contributed by atoms with Gasteiger partial charge in [-0.3, -0.25) is 4.72 Å². The van der Waals surface area contributed by atoms with Crippen LogP contribution in [-0.4, -0.2) is 48.5 Å². The Balaban J connectivity index is 2.24. The Kier molecular flexibility index (Phi) is 8.72. The second kappa shape index (κ2) is 11.0. The van der Waals surface area contributed by atoms with Gasteiger partial charge in [-0.1, -0.05) is 26.0 Å². The largest absolute Gasteiger partial charge is 0.487 e. The molecule has 0 amide bonds. The smallest absolute Gasteiger partial charge is 0.301 e. The first-order chi connectivity index (χ1) is 14.3. The fraction of sp³-hybridized carbons (Fsp3) is 0.474. The van der Waals surface area contributed by atoms with Gasteiger partial charge in [-0.25, -0.2) is 18.7 Å². The van der Waals surface area contributed by atoms with Gasteiger partial charge in [-0.05, 0) is 12.8 Å². The second-order valence-electron chi connectivity index (χ2n) is 6.39. The van der Waals surface area contributed by atoms with Crippen molar-refractivity contribution >= 4 is 16.0 Å². The molecule has 0 spiro atoms. The van der Waals surface area contributed by atoms with Crippen LogP contribution in [0.4, 0.5) is 14.6 Å². The van der Waals surface area contributed by atoms with Gasteiger partial charge in [-0.15, -0.1) is 6.58 Å². The fourth-order valence-corrected chi connectivity index (χ4v) is 4.08. The molecule has 1 atom stereocenters. The highest BCUT2D eigenvalue weighted by Crippen LogP contribution is 2.29. The maximum Gasteiger partial charge on any atom is 0.301 e. The van der Waals surface area contributed by atoms with Gasteiger partial charge in [-0.2, -0.15) is 12.7 Å². The summed E-state index contributed by atoms with van der Waals surface area (Å²) in [6, 6.07) is 0. The quantitative estimate of drug-likeness (QED) is 0.511. The van der Waals surface area contributed by atoms with Crippen molar-refractivity contribution in [2.45, 2.75) is 39.5 Å². The minimum Gasteiger partial charge on any atom is -0.487 e. The van der Waals surface area contributed by atoms with Crippen LogP contribution in [0.1, 0.15) is 32.3 Å². The zero-order valence-electron chi connectivity index (χ0n) is 17.1. The number of nitrogens with zero attached hydrogens (tertiary/aromatic N) is 3. The summed E-state index contributed by atoms with van der Waals surface area (Å²) in [6.07, 6.45) is 4.16. The predicted octanol–water partition coefficient (Wildman–Crippen LogP) is 2.96. The topological polar surface area (TPSA) is 96.5 Å². The summed E-state index contributed by atoms with van der Waals surface area (Å²) in [6.45, 7) is 7.62. The van der Waals surface area contributed by atoms with Gasteiger partial charge in [0.05, 0.1) is 11.3 Å². The van der Waals surface area contributed by atoms with Crippen LogP contribution >= 0.6 is 0 Å². The predicted molar refractivity (Wildman–Crippen MR) is 111 cm³/mol. The van der Waals surface area contributed by atoms with Gasteiger partial charge in [0.1, 0.15) is 18.8 Å². The normalized spacial score (nSPS) is 17.4. The summed E-state index contributed by atoms with van der Waals surface area (Å²) >= 11 is 0. The van der Waals surface area contributed by atoms with E-state index in [1.807, 2.05) is 0 Å². The van der Waals surface area contributed by atoms with E-state index in [2.05, 4.69) is 26.6 Å². The lowest BCUT2D eigenvalue weighted by molar-refractivity contribution is 0.132. The van der Waals surface area contributed by atoms with E-state index in [9.17, 15) is 12.8 Å². The molecule has 0 aliphatic heterocycles. The molecule has 1 aromatic heterocycles. The van der Waals surface area contributed by atoms with Gasteiger partial charge < -0.3 is 10.1 Å². The number of ether oxygens (including phenoxy) is 1. The Bertz CT molecular complexity index is 901. The molecule has 30 heavy (non-hydrogen) atoms. The highest BCUT2D eigenvalue weighted by Gasteiger charge is 2.29. The molecule has 11 heteroatoms. The van der Waals surface area contributed by atoms with Crippen molar-refractivity contribution in [2.75, 3.05) is 25.0 Å². The summed E-state index contributed by atoms with van der Waals surface area (Å²) in [5, 5.41) is 2.99. The maximum absolute atomic E-state index is 15.1. The number of hydrogen-bond donors (Lipinski definition) is 2. The number of alkyl halides is 1. The number of aromatic nitrogens is 2. The SMILES string of the molecule is C=CCNc1ncncc1COC1=C(F)C(NS(=O)(=O)N(CC)CC)=CCC[C@H]1F. The van der Waals surface area contributed by atoms with E-state index in [4.69, 9.17) is 4.74 Å². The molecule has 1 aliphatic carbocycles. The molecular weight excluding hydrogens is 416 g/mol. The van der Waals surface area contributed by atoms with Gasteiger partial charge >= 0.3 is 10.2 Å². The van der Waals surface area contributed by atoms with Crippen LogP contribution in [0.2, 0.25) is 0 Å². The van der Waals surface area contributed by atoms with Crippen molar-refractivity contribution in [1.82, 2.24) is 19.0 Å². The number of rotatable bonds is 11. The molecule has 0 saturated carbocycles. The summed E-state index contributed by atoms with van der Waals surface area (Å²) < 4.78 is 63.3. The Morgan fingerprint density at radius 1 is 1.40 bits per heavy atom. The third kappa shape index (κ3) is 5.99. The van der Waals surface area contributed by atoms with Crippen molar-refractivity contribution in [3.05, 3.63) is 54.1 Å². The lowest BCUT2D eigenvalue weighted by atomic mass is 10.2. The molecule has 0 unspecified atom stereocenters. The van der Waals surface area contributed by atoms with Crippen molar-refractivity contribution in [2.24, 2.45) is 0 Å². The van der Waals surface area contributed by atoms with Crippen LogP contribution in [0.25, 0.3) is 0 Å². The lowest BCUT2D eigenvalue weighted by Gasteiger charge is -2.21. The summed E-state index contributed by atoms with van der Waals surface area (Å²) in [5.41, 5.74) is 0.164. The third-order valence-electron chi connectivity index (χ3n) is 4.38. The molecule has 0 radical (unpaired) electrons. The molecule has 0 saturated heterocycles. The second-order valence-corrected chi connectivity index (χ2v) is 8.06. The first kappa shape index (κ1) is 23.7. The van der Waals surface area contributed by atoms with E-state index in [0.29, 0.717) is 17.9 Å². The van der Waals surface area contributed by atoms with Gasteiger partial charge in [0.25, 0.3) is 0 Å². The molecule has 0 aromatic carbocycles. The first-order valence-corrected chi connectivity index (χ1v) is 11.1. The fourth-order valence-electron chi connectivity index (χ4n) is 2.82. The van der Waals surface area contributed by atoms with Crippen LogP contribution in [-0.2, 0) is 21.6 Å². The number of anilines is 1. The highest BCUT2D eigenvalue weighted by molar-refractivity contribution is 7.87. The Hall–Kier alpha value is -2.53. The minimum atomic E-state index is -3.97. The molecule has 2 N–H and O–H groups in total. The summed E-state index contributed by atoms with van der Waals surface area (Å²) in [5.74, 6) is -1.18. The van der Waals surface area contributed by atoms with Gasteiger partial charge in [0, 0.05) is 25.8 Å². The Morgan fingerprint density at radius 3 is 2.80 bits per heavy atom.